The van der Waals surface area contributed by atoms with E-state index in [4.69, 9.17) is 5.26 Å². The first-order valence-electron chi connectivity index (χ1n) is 3.19. The van der Waals surface area contributed by atoms with E-state index in [-0.39, 0.29) is 65.2 Å². The Morgan fingerprint density at radius 1 is 1.42 bits per heavy atom. The molecule has 1 aromatic rings. The molecule has 12 heavy (non-hydrogen) atoms. The second-order valence-corrected chi connectivity index (χ2v) is 2.06. The van der Waals surface area contributed by atoms with E-state index in [2.05, 4.69) is 4.89 Å². The third-order valence-corrected chi connectivity index (χ3v) is 1.29. The molecule has 0 saturated carbocycles. The predicted molar refractivity (Wildman–Crippen MR) is 40.5 cm³/mol. The van der Waals surface area contributed by atoms with Gasteiger partial charge in [-0.05, 0) is 0 Å². The standard InChI is InChI=1S/C8H8O3.K.H/c9-8(6-11-10)7-4-2-1-3-5-7;;/h1-5,10H,6H2;;/q;+1;-1. The third kappa shape index (κ3) is 3.91. The number of rotatable bonds is 3. The summed E-state index contributed by atoms with van der Waals surface area (Å²) in [6.07, 6.45) is 0. The number of Topliss-reactive ketones (excluding diaryl/α,β-unsaturated/α-hetero) is 1. The molecule has 0 spiro atoms. The first-order valence-corrected chi connectivity index (χ1v) is 3.19. The number of carbonyl (C=O) groups is 1. The zero-order valence-electron chi connectivity index (χ0n) is 7.86. The second-order valence-electron chi connectivity index (χ2n) is 2.06. The number of benzene rings is 1. The van der Waals surface area contributed by atoms with Crippen LogP contribution in [0.4, 0.5) is 0 Å². The third-order valence-electron chi connectivity index (χ3n) is 1.29. The molecule has 0 saturated heterocycles. The maximum Gasteiger partial charge on any atom is 1.00 e. The van der Waals surface area contributed by atoms with Crippen LogP contribution < -0.4 is 51.4 Å². The molecule has 0 bridgehead atoms. The topological polar surface area (TPSA) is 46.5 Å². The maximum absolute atomic E-state index is 11.0. The maximum atomic E-state index is 11.0. The van der Waals surface area contributed by atoms with Crippen molar-refractivity contribution in [2.75, 3.05) is 6.61 Å². The normalized spacial score (nSPS) is 8.75. The van der Waals surface area contributed by atoms with Crippen molar-refractivity contribution < 1.29 is 67.8 Å². The first kappa shape index (κ1) is 12.4. The molecule has 0 amide bonds. The average molecular weight is 192 g/mol. The summed E-state index contributed by atoms with van der Waals surface area (Å²) < 4.78 is 0. The van der Waals surface area contributed by atoms with Crippen molar-refractivity contribution in [3.63, 3.8) is 0 Å². The van der Waals surface area contributed by atoms with Gasteiger partial charge in [-0.25, -0.2) is 4.89 Å². The van der Waals surface area contributed by atoms with Gasteiger partial charge >= 0.3 is 51.4 Å². The van der Waals surface area contributed by atoms with Gasteiger partial charge in [0, 0.05) is 5.56 Å². The molecular formula is C8H9KO3. The van der Waals surface area contributed by atoms with Crippen LogP contribution in [0.2, 0.25) is 0 Å². The van der Waals surface area contributed by atoms with Gasteiger partial charge in [0.15, 0.2) is 5.78 Å². The second kappa shape index (κ2) is 6.91. The minimum absolute atomic E-state index is 0. The number of hydrogen-bond acceptors (Lipinski definition) is 3. The Labute approximate surface area is 115 Å². The zero-order chi connectivity index (χ0) is 8.10. The van der Waals surface area contributed by atoms with Gasteiger partial charge in [-0.3, -0.25) is 10.1 Å². The summed E-state index contributed by atoms with van der Waals surface area (Å²) in [4.78, 5) is 14.7. The van der Waals surface area contributed by atoms with E-state index in [0.717, 1.165) is 0 Å². The minimum atomic E-state index is -0.288. The Kier molecular flexibility index (Phi) is 7.17. The van der Waals surface area contributed by atoms with Gasteiger partial charge in [0.25, 0.3) is 0 Å². The number of hydrogen-bond donors (Lipinski definition) is 1. The van der Waals surface area contributed by atoms with Crippen LogP contribution in [-0.2, 0) is 4.89 Å². The molecule has 60 valence electrons. The van der Waals surface area contributed by atoms with E-state index < -0.39 is 0 Å². The minimum Gasteiger partial charge on any atom is -1.00 e. The molecule has 0 radical (unpaired) electrons. The van der Waals surface area contributed by atoms with Crippen LogP contribution in [0.25, 0.3) is 0 Å². The van der Waals surface area contributed by atoms with Crippen molar-refractivity contribution in [1.82, 2.24) is 0 Å². The molecule has 0 heterocycles. The fourth-order valence-electron chi connectivity index (χ4n) is 0.766. The predicted octanol–water partition coefficient (Wildman–Crippen LogP) is -1.52. The Hall–Kier alpha value is 0.446. The summed E-state index contributed by atoms with van der Waals surface area (Å²) >= 11 is 0. The van der Waals surface area contributed by atoms with Crippen molar-refractivity contribution in [1.29, 1.82) is 0 Å². The smallest absolute Gasteiger partial charge is 1.00 e. The van der Waals surface area contributed by atoms with Crippen molar-refractivity contribution in [2.45, 2.75) is 0 Å². The van der Waals surface area contributed by atoms with Gasteiger partial charge in [0.2, 0.25) is 0 Å². The Balaban J connectivity index is 0. The Morgan fingerprint density at radius 2 is 2.00 bits per heavy atom. The van der Waals surface area contributed by atoms with Gasteiger partial charge in [-0.1, -0.05) is 30.3 Å². The van der Waals surface area contributed by atoms with E-state index in [9.17, 15) is 4.79 Å². The van der Waals surface area contributed by atoms with E-state index in [0.29, 0.717) is 5.56 Å². The fraction of sp³-hybridized carbons (Fsp3) is 0.125. The van der Waals surface area contributed by atoms with Crippen LogP contribution in [0, 0.1) is 0 Å². The molecule has 3 nitrogen and oxygen atoms in total. The van der Waals surface area contributed by atoms with Crippen LogP contribution in [0.3, 0.4) is 0 Å². The van der Waals surface area contributed by atoms with Gasteiger partial charge in [0.1, 0.15) is 6.61 Å². The van der Waals surface area contributed by atoms with E-state index in [1.165, 1.54) is 0 Å². The molecule has 0 aromatic heterocycles. The molecule has 0 atom stereocenters. The van der Waals surface area contributed by atoms with Gasteiger partial charge < -0.3 is 1.43 Å². The molecule has 1 N–H and O–H groups in total. The SMILES string of the molecule is O=C(COO)c1ccccc1.[H-].[K+]. The van der Waals surface area contributed by atoms with Crippen molar-refractivity contribution in [3.05, 3.63) is 35.9 Å². The van der Waals surface area contributed by atoms with Crippen molar-refractivity contribution >= 4 is 5.78 Å². The Morgan fingerprint density at radius 3 is 2.50 bits per heavy atom. The number of carbonyl (C=O) groups excluding carboxylic acids is 1. The van der Waals surface area contributed by atoms with Crippen LogP contribution in [0.15, 0.2) is 30.3 Å². The summed E-state index contributed by atoms with van der Waals surface area (Å²) in [5.41, 5.74) is 0.543. The van der Waals surface area contributed by atoms with E-state index in [1.54, 1.807) is 24.3 Å². The largest absolute Gasteiger partial charge is 1.00 e. The molecule has 0 aliphatic carbocycles. The molecular weight excluding hydrogens is 183 g/mol. The quantitative estimate of drug-likeness (QED) is 0.274. The van der Waals surface area contributed by atoms with Crippen molar-refractivity contribution in [2.24, 2.45) is 0 Å². The van der Waals surface area contributed by atoms with Crippen LogP contribution >= 0.6 is 0 Å². The summed E-state index contributed by atoms with van der Waals surface area (Å²) in [6.45, 7) is -0.288. The zero-order valence-corrected chi connectivity index (χ0v) is 9.98. The molecule has 0 fully saturated rings. The number of ketones is 1. The fourth-order valence-corrected chi connectivity index (χ4v) is 0.766. The molecule has 4 heteroatoms. The van der Waals surface area contributed by atoms with Gasteiger partial charge in [0.05, 0.1) is 0 Å². The summed E-state index contributed by atoms with van der Waals surface area (Å²) in [5.74, 6) is -0.229. The molecule has 1 rings (SSSR count). The molecule has 0 aliphatic rings. The van der Waals surface area contributed by atoms with E-state index >= 15 is 0 Å². The molecule has 0 unspecified atom stereocenters. The van der Waals surface area contributed by atoms with Crippen LogP contribution in [0.1, 0.15) is 11.8 Å². The van der Waals surface area contributed by atoms with Gasteiger partial charge in [-0.2, -0.15) is 0 Å². The van der Waals surface area contributed by atoms with E-state index in [1.807, 2.05) is 6.07 Å². The molecule has 0 aliphatic heterocycles. The average Bonchev–Trinajstić information content (AvgIpc) is 2.07. The van der Waals surface area contributed by atoms with Crippen molar-refractivity contribution in [3.8, 4) is 0 Å². The molecule has 1 aromatic carbocycles. The summed E-state index contributed by atoms with van der Waals surface area (Å²) in [5, 5.41) is 7.98. The van der Waals surface area contributed by atoms with Crippen LogP contribution in [0.5, 0.6) is 0 Å². The van der Waals surface area contributed by atoms with Crippen LogP contribution in [-0.4, -0.2) is 17.6 Å². The first-order chi connectivity index (χ1) is 5.34. The summed E-state index contributed by atoms with van der Waals surface area (Å²) in [6, 6.07) is 8.66. The Bertz CT molecular complexity index is 240. The van der Waals surface area contributed by atoms with Gasteiger partial charge in [-0.15, -0.1) is 0 Å². The monoisotopic (exact) mass is 192 g/mol. The summed E-state index contributed by atoms with van der Waals surface area (Å²) in [7, 11) is 0.